The molecule has 0 fully saturated rings. The molecule has 0 aromatic rings. The molecule has 0 bridgehead atoms. The van der Waals surface area contributed by atoms with E-state index in [1.165, 1.54) is 212 Å². The number of quaternary nitrogens is 1. The molecule has 3 unspecified atom stereocenters. The SMILES string of the molecule is CCCCCCCCCCC/C=C/CC/C=C/C(O)C(COP(=O)(O)OCC[N+](C)(C)C)NC(=O)CCCCCCCCCCCCCCCCCCCCCCCCCCCCC. The second-order valence-corrected chi connectivity index (χ2v) is 21.8. The number of carbonyl (C=O) groups excluding carboxylic acids is 1. The number of aliphatic hydroxyl groups excluding tert-OH is 1. The quantitative estimate of drug-likeness (QED) is 0.0243. The summed E-state index contributed by atoms with van der Waals surface area (Å²) in [5.41, 5.74) is 0. The number of phosphoric ester groups is 1. The Labute approximate surface area is 398 Å². The van der Waals surface area contributed by atoms with Gasteiger partial charge in [-0.05, 0) is 32.1 Å². The van der Waals surface area contributed by atoms with Crippen molar-refractivity contribution in [1.82, 2.24) is 5.32 Å². The molecule has 9 heteroatoms. The average Bonchev–Trinajstić information content (AvgIpc) is 3.25. The zero-order valence-electron chi connectivity index (χ0n) is 43.3. The summed E-state index contributed by atoms with van der Waals surface area (Å²) in [6, 6.07) is -0.859. The Balaban J connectivity index is 4.14. The minimum absolute atomic E-state index is 0.0586. The van der Waals surface area contributed by atoms with Crippen LogP contribution in [0.2, 0.25) is 0 Å². The number of unbranched alkanes of at least 4 members (excludes halogenated alkanes) is 36. The van der Waals surface area contributed by atoms with Crippen molar-refractivity contribution < 1.29 is 32.9 Å². The van der Waals surface area contributed by atoms with E-state index < -0.39 is 20.0 Å². The van der Waals surface area contributed by atoms with Crippen LogP contribution in [-0.4, -0.2) is 73.4 Å². The smallest absolute Gasteiger partial charge is 0.387 e. The van der Waals surface area contributed by atoms with Gasteiger partial charge in [-0.3, -0.25) is 13.8 Å². The van der Waals surface area contributed by atoms with Crippen LogP contribution >= 0.6 is 7.82 Å². The first-order chi connectivity index (χ1) is 31.0. The number of rotatable bonds is 51. The number of hydrogen-bond donors (Lipinski definition) is 3. The van der Waals surface area contributed by atoms with Crippen LogP contribution in [0, 0.1) is 0 Å². The first kappa shape index (κ1) is 63.0. The first-order valence-corrected chi connectivity index (χ1v) is 29.2. The van der Waals surface area contributed by atoms with Crippen molar-refractivity contribution in [3.05, 3.63) is 24.3 Å². The number of nitrogens with zero attached hydrogens (tertiary/aromatic N) is 1. The Morgan fingerprint density at radius 1 is 0.516 bits per heavy atom. The number of hydrogen-bond acceptors (Lipinski definition) is 5. The molecule has 3 atom stereocenters. The lowest BCUT2D eigenvalue weighted by Crippen LogP contribution is -2.45. The van der Waals surface area contributed by atoms with E-state index in [9.17, 15) is 19.4 Å². The van der Waals surface area contributed by atoms with Gasteiger partial charge in [-0.1, -0.05) is 256 Å². The van der Waals surface area contributed by atoms with Gasteiger partial charge in [0.15, 0.2) is 0 Å². The fourth-order valence-electron chi connectivity index (χ4n) is 8.30. The van der Waals surface area contributed by atoms with Crippen LogP contribution in [0.1, 0.15) is 271 Å². The summed E-state index contributed by atoms with van der Waals surface area (Å²) in [5.74, 6) is -0.182. The van der Waals surface area contributed by atoms with Crippen LogP contribution < -0.4 is 5.32 Å². The van der Waals surface area contributed by atoms with Gasteiger partial charge in [-0.15, -0.1) is 0 Å². The molecule has 0 heterocycles. The molecule has 380 valence electrons. The predicted molar refractivity (Wildman–Crippen MR) is 277 cm³/mol. The van der Waals surface area contributed by atoms with Gasteiger partial charge in [-0.2, -0.15) is 0 Å². The highest BCUT2D eigenvalue weighted by molar-refractivity contribution is 7.47. The van der Waals surface area contributed by atoms with Gasteiger partial charge in [0.1, 0.15) is 13.2 Å². The highest BCUT2D eigenvalue weighted by atomic mass is 31.2. The summed E-state index contributed by atoms with van der Waals surface area (Å²) in [5, 5.41) is 13.9. The van der Waals surface area contributed by atoms with E-state index in [4.69, 9.17) is 9.05 Å². The minimum Gasteiger partial charge on any atom is -0.387 e. The van der Waals surface area contributed by atoms with Gasteiger partial charge < -0.3 is 19.8 Å². The molecule has 64 heavy (non-hydrogen) atoms. The van der Waals surface area contributed by atoms with E-state index in [1.54, 1.807) is 6.08 Å². The van der Waals surface area contributed by atoms with Gasteiger partial charge in [0.25, 0.3) is 0 Å². The number of carbonyl (C=O) groups is 1. The Morgan fingerprint density at radius 2 is 0.859 bits per heavy atom. The minimum atomic E-state index is -4.35. The monoisotopic (exact) mass is 926 g/mol. The van der Waals surface area contributed by atoms with Gasteiger partial charge >= 0.3 is 7.82 Å². The normalized spacial score (nSPS) is 14.2. The molecule has 0 radical (unpaired) electrons. The highest BCUT2D eigenvalue weighted by Crippen LogP contribution is 2.43. The van der Waals surface area contributed by atoms with Crippen molar-refractivity contribution in [2.24, 2.45) is 0 Å². The van der Waals surface area contributed by atoms with Gasteiger partial charge in [0.05, 0.1) is 39.9 Å². The van der Waals surface area contributed by atoms with Crippen LogP contribution in [0.4, 0.5) is 0 Å². The maximum atomic E-state index is 12.9. The lowest BCUT2D eigenvalue weighted by molar-refractivity contribution is -0.870. The molecule has 0 aromatic heterocycles. The molecule has 0 saturated heterocycles. The first-order valence-electron chi connectivity index (χ1n) is 27.7. The van der Waals surface area contributed by atoms with Crippen molar-refractivity contribution in [2.75, 3.05) is 40.9 Å². The van der Waals surface area contributed by atoms with E-state index >= 15 is 0 Å². The molecular formula is C55H110N2O6P+. The maximum absolute atomic E-state index is 12.9. The van der Waals surface area contributed by atoms with Crippen LogP contribution in [-0.2, 0) is 18.4 Å². The molecule has 0 aromatic carbocycles. The molecule has 0 saturated carbocycles. The molecule has 0 aliphatic carbocycles. The Bertz CT molecular complexity index is 1090. The number of nitrogens with one attached hydrogen (secondary N) is 1. The lowest BCUT2D eigenvalue weighted by Gasteiger charge is -2.25. The number of likely N-dealkylation sites (N-methyl/N-ethyl adjacent to an activating group) is 1. The van der Waals surface area contributed by atoms with Crippen molar-refractivity contribution in [2.45, 2.75) is 283 Å². The number of aliphatic hydroxyl groups is 1. The fourth-order valence-corrected chi connectivity index (χ4v) is 9.03. The third-order valence-corrected chi connectivity index (χ3v) is 13.7. The van der Waals surface area contributed by atoms with E-state index in [-0.39, 0.29) is 19.1 Å². The summed E-state index contributed by atoms with van der Waals surface area (Å²) in [7, 11) is 1.57. The maximum Gasteiger partial charge on any atom is 0.472 e. The van der Waals surface area contributed by atoms with Gasteiger partial charge in [-0.25, -0.2) is 4.57 Å². The molecule has 0 aliphatic heterocycles. The molecule has 8 nitrogen and oxygen atoms in total. The van der Waals surface area contributed by atoms with Crippen molar-refractivity contribution in [3.63, 3.8) is 0 Å². The van der Waals surface area contributed by atoms with Crippen molar-refractivity contribution in [3.8, 4) is 0 Å². The molecule has 1 amide bonds. The lowest BCUT2D eigenvalue weighted by atomic mass is 10.0. The van der Waals surface area contributed by atoms with Crippen molar-refractivity contribution >= 4 is 13.7 Å². The second kappa shape index (κ2) is 47.1. The second-order valence-electron chi connectivity index (χ2n) is 20.3. The average molecular weight is 926 g/mol. The summed E-state index contributed by atoms with van der Waals surface area (Å²) in [6.07, 6.45) is 58.5. The molecule has 0 spiro atoms. The number of phosphoric acid groups is 1. The number of allylic oxidation sites excluding steroid dienone is 3. The van der Waals surface area contributed by atoms with E-state index in [1.807, 2.05) is 27.2 Å². The predicted octanol–water partition coefficient (Wildman–Crippen LogP) is 16.4. The number of amides is 1. The van der Waals surface area contributed by atoms with E-state index in [0.717, 1.165) is 38.5 Å². The third-order valence-electron chi connectivity index (χ3n) is 12.7. The highest BCUT2D eigenvalue weighted by Gasteiger charge is 2.27. The third kappa shape index (κ3) is 48.9. The molecular weight excluding hydrogens is 816 g/mol. The summed E-state index contributed by atoms with van der Waals surface area (Å²) >= 11 is 0. The van der Waals surface area contributed by atoms with Crippen LogP contribution in [0.5, 0.6) is 0 Å². The van der Waals surface area contributed by atoms with E-state index in [0.29, 0.717) is 17.4 Å². The van der Waals surface area contributed by atoms with Crippen LogP contribution in [0.15, 0.2) is 24.3 Å². The van der Waals surface area contributed by atoms with Gasteiger partial charge in [0, 0.05) is 6.42 Å². The molecule has 3 N–H and O–H groups in total. The standard InChI is InChI=1S/C55H109N2O6P/c1-6-8-10-12-14-16-18-20-22-23-24-25-26-27-28-29-30-31-32-33-35-37-39-41-43-45-47-49-55(59)56-53(52-63-64(60,61)62-51-50-57(3,4)5)54(58)48-46-44-42-40-38-36-34-21-19-17-15-13-11-9-7-2/h38,40,46,48,53-54,58H,6-37,39,41-45,47,49-52H2,1-5H3,(H-,56,59,60,61)/p+1/b40-38+,48-46+. The summed E-state index contributed by atoms with van der Waals surface area (Å²) in [4.78, 5) is 23.2. The van der Waals surface area contributed by atoms with Crippen LogP contribution in [0.25, 0.3) is 0 Å². The Kier molecular flexibility index (Phi) is 46.3. The molecule has 0 aliphatic rings. The molecule has 0 rings (SSSR count). The topological polar surface area (TPSA) is 105 Å². The zero-order valence-corrected chi connectivity index (χ0v) is 44.2. The zero-order chi connectivity index (χ0) is 47.1. The summed E-state index contributed by atoms with van der Waals surface area (Å²) in [6.45, 7) is 4.82. The van der Waals surface area contributed by atoms with Crippen molar-refractivity contribution in [1.29, 1.82) is 0 Å². The van der Waals surface area contributed by atoms with E-state index in [2.05, 4.69) is 31.3 Å². The Hall–Kier alpha value is -1.02. The van der Waals surface area contributed by atoms with Crippen LogP contribution in [0.3, 0.4) is 0 Å². The fraction of sp³-hybridized carbons (Fsp3) is 0.909. The van der Waals surface area contributed by atoms with Gasteiger partial charge in [0.2, 0.25) is 5.91 Å². The largest absolute Gasteiger partial charge is 0.472 e. The Morgan fingerprint density at radius 3 is 1.25 bits per heavy atom. The summed E-state index contributed by atoms with van der Waals surface area (Å²) < 4.78 is 23.6.